The summed E-state index contributed by atoms with van der Waals surface area (Å²) in [7, 11) is 0. The zero-order chi connectivity index (χ0) is 29.7. The van der Waals surface area contributed by atoms with Gasteiger partial charge in [-0.25, -0.2) is 0 Å². The number of amides is 2. The van der Waals surface area contributed by atoms with Gasteiger partial charge in [-0.05, 0) is 63.8 Å². The number of hydrogen-bond acceptors (Lipinski definition) is 2. The van der Waals surface area contributed by atoms with Gasteiger partial charge in [0.15, 0.2) is 0 Å². The lowest BCUT2D eigenvalue weighted by atomic mass is 10.0. The molecule has 0 radical (unpaired) electrons. The molecule has 0 fully saturated rings. The summed E-state index contributed by atoms with van der Waals surface area (Å²) >= 11 is 0. The van der Waals surface area contributed by atoms with Crippen LogP contribution in [0.15, 0.2) is 96.1 Å². The van der Waals surface area contributed by atoms with Crippen LogP contribution in [0.4, 0.5) is 0 Å². The molecule has 4 aromatic carbocycles. The minimum Gasteiger partial charge on any atom is -0.302 e. The quantitative estimate of drug-likeness (QED) is 0.245. The van der Waals surface area contributed by atoms with Gasteiger partial charge < -0.3 is 9.80 Å². The van der Waals surface area contributed by atoms with Crippen LogP contribution in [0.5, 0.6) is 0 Å². The van der Waals surface area contributed by atoms with Crippen LogP contribution < -0.4 is 0 Å². The van der Waals surface area contributed by atoms with Gasteiger partial charge >= 0.3 is 0 Å². The summed E-state index contributed by atoms with van der Waals surface area (Å²) in [5.74, 6) is -0.266. The molecule has 6 rings (SSSR count). The first-order valence-corrected chi connectivity index (χ1v) is 14.5. The first-order valence-electron chi connectivity index (χ1n) is 14.5. The van der Waals surface area contributed by atoms with E-state index in [2.05, 4.69) is 64.1 Å². The van der Waals surface area contributed by atoms with E-state index < -0.39 is 0 Å². The third kappa shape index (κ3) is 4.98. The summed E-state index contributed by atoms with van der Waals surface area (Å²) in [4.78, 5) is 32.7. The third-order valence-electron chi connectivity index (χ3n) is 8.08. The van der Waals surface area contributed by atoms with Crippen LogP contribution in [0.25, 0.3) is 11.4 Å². The molecule has 2 heterocycles. The molecular formula is C38H36N2O2. The lowest BCUT2D eigenvalue weighted by Crippen LogP contribution is -2.29. The van der Waals surface area contributed by atoms with Crippen molar-refractivity contribution in [3.8, 4) is 0 Å². The van der Waals surface area contributed by atoms with E-state index in [9.17, 15) is 9.59 Å². The molecule has 210 valence electrons. The fourth-order valence-corrected chi connectivity index (χ4v) is 6.41. The Kier molecular flexibility index (Phi) is 6.94. The van der Waals surface area contributed by atoms with E-state index in [1.54, 1.807) is 0 Å². The molecule has 4 heteroatoms. The molecule has 0 spiro atoms. The smallest absolute Gasteiger partial charge is 0.261 e. The molecule has 0 atom stereocenters. The number of carbonyl (C=O) groups excluding carboxylic acids is 2. The Hall–Kier alpha value is -4.70. The molecule has 0 bridgehead atoms. The van der Waals surface area contributed by atoms with Crippen LogP contribution in [-0.2, 0) is 22.7 Å². The summed E-state index contributed by atoms with van der Waals surface area (Å²) in [6.07, 6.45) is 0. The maximum Gasteiger partial charge on any atom is 0.261 e. The molecular weight excluding hydrogens is 516 g/mol. The molecule has 0 aliphatic carbocycles. The highest BCUT2D eigenvalue weighted by Crippen LogP contribution is 2.47. The molecule has 0 N–H and O–H groups in total. The Morgan fingerprint density at radius 1 is 0.429 bits per heavy atom. The summed E-state index contributed by atoms with van der Waals surface area (Å²) in [6.45, 7) is 13.2. The minimum atomic E-state index is -0.133. The van der Waals surface area contributed by atoms with Crippen LogP contribution in [0.3, 0.4) is 0 Å². The number of fused-ring (bicyclic) bond motifs is 1. The van der Waals surface area contributed by atoms with E-state index >= 15 is 0 Å². The maximum absolute atomic E-state index is 14.6. The van der Waals surface area contributed by atoms with E-state index in [1.807, 2.05) is 72.2 Å². The predicted octanol–water partition coefficient (Wildman–Crippen LogP) is 7.74. The van der Waals surface area contributed by atoms with Crippen LogP contribution in [0.2, 0.25) is 0 Å². The second kappa shape index (κ2) is 10.6. The molecule has 0 aromatic heterocycles. The molecule has 4 nitrogen and oxygen atoms in total. The van der Waals surface area contributed by atoms with Crippen LogP contribution in [0, 0.1) is 41.5 Å². The lowest BCUT2D eigenvalue weighted by molar-refractivity contribution is -0.124. The minimum absolute atomic E-state index is 0.133. The molecule has 0 unspecified atom stereocenters. The van der Waals surface area contributed by atoms with Crippen molar-refractivity contribution >= 4 is 23.2 Å². The van der Waals surface area contributed by atoms with Gasteiger partial charge in [0.25, 0.3) is 11.8 Å². The van der Waals surface area contributed by atoms with Gasteiger partial charge in [0, 0.05) is 0 Å². The van der Waals surface area contributed by atoms with E-state index in [0.717, 1.165) is 55.6 Å². The van der Waals surface area contributed by atoms with Gasteiger partial charge in [-0.2, -0.15) is 0 Å². The van der Waals surface area contributed by atoms with Gasteiger partial charge in [0.2, 0.25) is 0 Å². The first kappa shape index (κ1) is 27.5. The van der Waals surface area contributed by atoms with Crippen molar-refractivity contribution < 1.29 is 9.59 Å². The molecule has 2 aliphatic rings. The van der Waals surface area contributed by atoms with Gasteiger partial charge in [0.1, 0.15) is 0 Å². The molecule has 0 saturated heterocycles. The van der Waals surface area contributed by atoms with Crippen LogP contribution in [0.1, 0.15) is 55.6 Å². The molecule has 42 heavy (non-hydrogen) atoms. The first-order chi connectivity index (χ1) is 20.1. The Labute approximate surface area is 248 Å². The van der Waals surface area contributed by atoms with Crippen molar-refractivity contribution in [2.24, 2.45) is 0 Å². The molecule has 2 amide bonds. The predicted molar refractivity (Wildman–Crippen MR) is 169 cm³/mol. The van der Waals surface area contributed by atoms with Gasteiger partial charge in [-0.1, -0.05) is 118 Å². The monoisotopic (exact) mass is 552 g/mol. The van der Waals surface area contributed by atoms with Crippen molar-refractivity contribution in [3.05, 3.63) is 152 Å². The fourth-order valence-electron chi connectivity index (χ4n) is 6.41. The van der Waals surface area contributed by atoms with E-state index in [1.165, 1.54) is 0 Å². The Morgan fingerprint density at radius 2 is 0.738 bits per heavy atom. The number of hydrogen-bond donors (Lipinski definition) is 0. The normalized spacial score (nSPS) is 14.9. The van der Waals surface area contributed by atoms with Crippen molar-refractivity contribution in [2.45, 2.75) is 54.6 Å². The fraction of sp³-hybridized carbons (Fsp3) is 0.211. The summed E-state index contributed by atoms with van der Waals surface area (Å²) in [5.41, 5.74) is 13.0. The largest absolute Gasteiger partial charge is 0.302 e. The topological polar surface area (TPSA) is 40.6 Å². The summed E-state index contributed by atoms with van der Waals surface area (Å²) in [6, 6.07) is 29.0. The number of rotatable bonds is 6. The van der Waals surface area contributed by atoms with Gasteiger partial charge in [0.05, 0.1) is 35.6 Å². The second-order valence-corrected chi connectivity index (χ2v) is 12.0. The van der Waals surface area contributed by atoms with E-state index in [-0.39, 0.29) is 11.8 Å². The van der Waals surface area contributed by atoms with Crippen molar-refractivity contribution in [2.75, 3.05) is 0 Å². The average Bonchev–Trinajstić information content (AvgIpc) is 3.35. The zero-order valence-corrected chi connectivity index (χ0v) is 25.2. The van der Waals surface area contributed by atoms with E-state index in [4.69, 9.17) is 0 Å². The third-order valence-corrected chi connectivity index (χ3v) is 8.08. The highest BCUT2D eigenvalue weighted by molar-refractivity contribution is 6.30. The van der Waals surface area contributed by atoms with Crippen molar-refractivity contribution in [1.82, 2.24) is 9.80 Å². The number of carbonyl (C=O) groups is 2. The van der Waals surface area contributed by atoms with Crippen LogP contribution >= 0.6 is 0 Å². The van der Waals surface area contributed by atoms with Gasteiger partial charge in [-0.15, -0.1) is 0 Å². The standard InChI is InChI=1S/C38H36N2O2/c1-23-7-11-31(12-8-23)35-33-34(38(42)39(35)21-29-17-25(3)15-26(4)18-29)36(32-13-9-24(2)10-14-32)40(37(33)41)22-30-19-27(5)16-28(6)20-30/h7-20H,21-22H2,1-6H3. The summed E-state index contributed by atoms with van der Waals surface area (Å²) in [5, 5.41) is 0. The second-order valence-electron chi connectivity index (χ2n) is 12.0. The van der Waals surface area contributed by atoms with Crippen LogP contribution in [-0.4, -0.2) is 21.6 Å². The lowest BCUT2D eigenvalue weighted by Gasteiger charge is -2.26. The van der Waals surface area contributed by atoms with Crippen molar-refractivity contribution in [1.29, 1.82) is 0 Å². The van der Waals surface area contributed by atoms with Crippen molar-refractivity contribution in [3.63, 3.8) is 0 Å². The number of nitrogens with zero attached hydrogens (tertiary/aromatic N) is 2. The zero-order valence-electron chi connectivity index (χ0n) is 25.2. The molecule has 4 aromatic rings. The Bertz CT molecular complexity index is 1630. The maximum atomic E-state index is 14.6. The Morgan fingerprint density at radius 3 is 1.05 bits per heavy atom. The van der Waals surface area contributed by atoms with E-state index in [0.29, 0.717) is 35.6 Å². The molecule has 2 aliphatic heterocycles. The highest BCUT2D eigenvalue weighted by Gasteiger charge is 2.48. The SMILES string of the molecule is Cc1ccc(C2=C3C(=O)N(Cc4cc(C)cc(C)c4)C(c4ccc(C)cc4)=C3C(=O)N2Cc2cc(C)cc(C)c2)cc1. The number of benzene rings is 4. The summed E-state index contributed by atoms with van der Waals surface area (Å²) < 4.78 is 0. The Balaban J connectivity index is 1.57. The number of aryl methyl sites for hydroxylation is 6. The highest BCUT2D eigenvalue weighted by atomic mass is 16.2. The van der Waals surface area contributed by atoms with Gasteiger partial charge in [-0.3, -0.25) is 9.59 Å². The average molecular weight is 553 g/mol. The molecule has 0 saturated carbocycles.